The van der Waals surface area contributed by atoms with Crippen molar-refractivity contribution in [2.45, 2.75) is 0 Å². The maximum absolute atomic E-state index is 11.6. The third-order valence-electron chi connectivity index (χ3n) is 1.94. The minimum atomic E-state index is -0.550. The van der Waals surface area contributed by atoms with Gasteiger partial charge in [0.2, 0.25) is 0 Å². The number of amides is 1. The van der Waals surface area contributed by atoms with Gasteiger partial charge in [0.1, 0.15) is 6.54 Å². The molecule has 92 valence electrons. The first-order valence-electron chi connectivity index (χ1n) is 4.55. The Bertz CT molecular complexity index is 440. The van der Waals surface area contributed by atoms with Crippen LogP contribution in [0.2, 0.25) is 10.0 Å². The van der Waals surface area contributed by atoms with E-state index < -0.39 is 11.9 Å². The van der Waals surface area contributed by atoms with Crippen molar-refractivity contribution in [1.82, 2.24) is 5.32 Å². The maximum atomic E-state index is 11.6. The summed E-state index contributed by atoms with van der Waals surface area (Å²) in [6.07, 6.45) is 0. The van der Waals surface area contributed by atoms with Crippen LogP contribution >= 0.6 is 23.2 Å². The van der Waals surface area contributed by atoms with Crippen LogP contribution in [0.4, 0.5) is 5.69 Å². The van der Waals surface area contributed by atoms with Crippen LogP contribution < -0.4 is 11.1 Å². The summed E-state index contributed by atoms with van der Waals surface area (Å²) in [6, 6.07) is 2.74. The molecule has 0 spiro atoms. The Morgan fingerprint density at radius 2 is 2.06 bits per heavy atom. The van der Waals surface area contributed by atoms with E-state index in [2.05, 4.69) is 10.1 Å². The average molecular weight is 277 g/mol. The van der Waals surface area contributed by atoms with Crippen molar-refractivity contribution in [3.8, 4) is 0 Å². The van der Waals surface area contributed by atoms with Gasteiger partial charge in [-0.15, -0.1) is 0 Å². The Morgan fingerprint density at radius 1 is 1.41 bits per heavy atom. The van der Waals surface area contributed by atoms with Gasteiger partial charge in [-0.25, -0.2) is 0 Å². The highest BCUT2D eigenvalue weighted by Gasteiger charge is 2.12. The van der Waals surface area contributed by atoms with Gasteiger partial charge in [-0.1, -0.05) is 23.2 Å². The van der Waals surface area contributed by atoms with Crippen molar-refractivity contribution in [2.75, 3.05) is 19.4 Å². The summed E-state index contributed by atoms with van der Waals surface area (Å²) in [6.45, 7) is -0.227. The summed E-state index contributed by atoms with van der Waals surface area (Å²) in [5.41, 5.74) is 5.97. The van der Waals surface area contributed by atoms with Gasteiger partial charge in [-0.05, 0) is 12.1 Å². The van der Waals surface area contributed by atoms with E-state index in [1.165, 1.54) is 19.2 Å². The van der Waals surface area contributed by atoms with E-state index in [4.69, 9.17) is 28.9 Å². The fraction of sp³-hybridized carbons (Fsp3) is 0.200. The summed E-state index contributed by atoms with van der Waals surface area (Å²) < 4.78 is 4.38. The topological polar surface area (TPSA) is 81.4 Å². The number of rotatable bonds is 3. The van der Waals surface area contributed by atoms with Gasteiger partial charge in [-0.3, -0.25) is 9.59 Å². The van der Waals surface area contributed by atoms with E-state index >= 15 is 0 Å². The zero-order chi connectivity index (χ0) is 13.0. The van der Waals surface area contributed by atoms with E-state index in [-0.39, 0.29) is 27.8 Å². The molecule has 0 aliphatic heterocycles. The highest BCUT2D eigenvalue weighted by atomic mass is 35.5. The highest BCUT2D eigenvalue weighted by Crippen LogP contribution is 2.29. The lowest BCUT2D eigenvalue weighted by Crippen LogP contribution is -2.30. The lowest BCUT2D eigenvalue weighted by Gasteiger charge is -2.07. The molecule has 0 unspecified atom stereocenters. The number of hydrogen-bond acceptors (Lipinski definition) is 4. The monoisotopic (exact) mass is 276 g/mol. The number of hydrogen-bond donors (Lipinski definition) is 2. The number of nitrogens with one attached hydrogen (secondary N) is 1. The molecule has 0 fully saturated rings. The zero-order valence-electron chi connectivity index (χ0n) is 8.92. The van der Waals surface area contributed by atoms with E-state index in [1.807, 2.05) is 0 Å². The number of nitrogen functional groups attached to an aromatic ring is 1. The highest BCUT2D eigenvalue weighted by molar-refractivity contribution is 6.43. The van der Waals surface area contributed by atoms with Crippen molar-refractivity contribution < 1.29 is 14.3 Å². The number of anilines is 1. The number of nitrogens with two attached hydrogens (primary N) is 1. The van der Waals surface area contributed by atoms with Crippen LogP contribution in [0.5, 0.6) is 0 Å². The Balaban J connectivity index is 2.80. The molecule has 0 saturated heterocycles. The molecule has 7 heteroatoms. The summed E-state index contributed by atoms with van der Waals surface area (Å²) in [5.74, 6) is -1.04. The predicted octanol–water partition coefficient (Wildman–Crippen LogP) is 1.48. The van der Waals surface area contributed by atoms with E-state index in [0.717, 1.165) is 0 Å². The van der Waals surface area contributed by atoms with Crippen molar-refractivity contribution in [3.63, 3.8) is 0 Å². The molecule has 0 radical (unpaired) electrons. The molecule has 3 N–H and O–H groups in total. The van der Waals surface area contributed by atoms with Crippen LogP contribution in [-0.4, -0.2) is 25.5 Å². The van der Waals surface area contributed by atoms with Crippen molar-refractivity contribution >= 4 is 40.8 Å². The van der Waals surface area contributed by atoms with Gasteiger partial charge in [-0.2, -0.15) is 0 Å². The first-order chi connectivity index (χ1) is 7.95. The minimum Gasteiger partial charge on any atom is -0.468 e. The third kappa shape index (κ3) is 3.51. The SMILES string of the molecule is COC(=O)CNC(=O)c1cc(N)c(Cl)c(Cl)c1. The molecular weight excluding hydrogens is 267 g/mol. The Morgan fingerprint density at radius 3 is 2.59 bits per heavy atom. The molecule has 1 amide bonds. The Hall–Kier alpha value is -1.46. The molecule has 5 nitrogen and oxygen atoms in total. The number of benzene rings is 1. The summed E-state index contributed by atoms with van der Waals surface area (Å²) in [4.78, 5) is 22.4. The van der Waals surface area contributed by atoms with Gasteiger partial charge in [0.15, 0.2) is 0 Å². The van der Waals surface area contributed by atoms with E-state index in [9.17, 15) is 9.59 Å². The molecule has 0 aromatic heterocycles. The van der Waals surface area contributed by atoms with E-state index in [0.29, 0.717) is 0 Å². The zero-order valence-corrected chi connectivity index (χ0v) is 10.4. The second kappa shape index (κ2) is 5.75. The molecule has 1 aromatic rings. The maximum Gasteiger partial charge on any atom is 0.325 e. The average Bonchev–Trinajstić information content (AvgIpc) is 2.31. The standard InChI is InChI=1S/C10H10Cl2N2O3/c1-17-8(15)4-14-10(16)5-2-6(11)9(12)7(13)3-5/h2-3H,4,13H2,1H3,(H,14,16). The Kier molecular flexibility index (Phi) is 4.60. The fourth-order valence-electron chi connectivity index (χ4n) is 1.07. The van der Waals surface area contributed by atoms with Crippen LogP contribution in [0, 0.1) is 0 Å². The molecule has 0 heterocycles. The quantitative estimate of drug-likeness (QED) is 0.647. The van der Waals surface area contributed by atoms with Gasteiger partial charge >= 0.3 is 5.97 Å². The summed E-state index contributed by atoms with van der Waals surface area (Å²) >= 11 is 11.5. The minimum absolute atomic E-state index is 0.176. The number of carbonyl (C=O) groups excluding carboxylic acids is 2. The Labute approximate surface area is 108 Å². The number of halogens is 2. The molecule has 0 atom stereocenters. The number of esters is 1. The third-order valence-corrected chi connectivity index (χ3v) is 2.76. The lowest BCUT2D eigenvalue weighted by molar-refractivity contribution is -0.139. The second-order valence-corrected chi connectivity index (χ2v) is 3.91. The molecule has 1 aromatic carbocycles. The van der Waals surface area contributed by atoms with Crippen molar-refractivity contribution in [2.24, 2.45) is 0 Å². The molecule has 1 rings (SSSR count). The molecule has 0 aliphatic carbocycles. The number of ether oxygens (including phenoxy) is 1. The van der Waals surface area contributed by atoms with Crippen LogP contribution in [0.3, 0.4) is 0 Å². The molecule has 0 bridgehead atoms. The summed E-state index contributed by atoms with van der Waals surface area (Å²) in [5, 5.41) is 2.72. The molecule has 17 heavy (non-hydrogen) atoms. The van der Waals surface area contributed by atoms with Crippen LogP contribution in [-0.2, 0) is 9.53 Å². The number of methoxy groups -OCH3 is 1. The van der Waals surface area contributed by atoms with Gasteiger partial charge in [0.05, 0.1) is 22.8 Å². The first-order valence-corrected chi connectivity index (χ1v) is 5.30. The van der Waals surface area contributed by atoms with Crippen LogP contribution in [0.25, 0.3) is 0 Å². The van der Waals surface area contributed by atoms with Crippen molar-refractivity contribution in [3.05, 3.63) is 27.7 Å². The normalized spacial score (nSPS) is 9.82. The second-order valence-electron chi connectivity index (χ2n) is 3.12. The van der Waals surface area contributed by atoms with Crippen LogP contribution in [0.15, 0.2) is 12.1 Å². The van der Waals surface area contributed by atoms with Crippen LogP contribution in [0.1, 0.15) is 10.4 Å². The molecular formula is C10H10Cl2N2O3. The molecule has 0 saturated carbocycles. The summed E-state index contributed by atoms with van der Waals surface area (Å²) in [7, 11) is 1.23. The molecule has 0 aliphatic rings. The van der Waals surface area contributed by atoms with Gasteiger partial charge in [0.25, 0.3) is 5.91 Å². The largest absolute Gasteiger partial charge is 0.468 e. The first kappa shape index (κ1) is 13.6. The fourth-order valence-corrected chi connectivity index (χ4v) is 1.40. The van der Waals surface area contributed by atoms with E-state index in [1.54, 1.807) is 0 Å². The number of carbonyl (C=O) groups is 2. The van der Waals surface area contributed by atoms with Gasteiger partial charge in [0, 0.05) is 5.56 Å². The smallest absolute Gasteiger partial charge is 0.325 e. The lowest BCUT2D eigenvalue weighted by atomic mass is 10.2. The van der Waals surface area contributed by atoms with Gasteiger partial charge < -0.3 is 15.8 Å². The van der Waals surface area contributed by atoms with Crippen molar-refractivity contribution in [1.29, 1.82) is 0 Å². The predicted molar refractivity (Wildman–Crippen MR) is 65.2 cm³/mol.